The number of aromatic nitrogens is 4. The number of hydrogen-bond acceptors (Lipinski definition) is 9. The van der Waals surface area contributed by atoms with Crippen LogP contribution in [0.15, 0.2) is 36.7 Å². The number of carbonyl (C=O) groups excluding carboxylic acids is 1. The van der Waals surface area contributed by atoms with Gasteiger partial charge in [-0.15, -0.1) is 0 Å². The Morgan fingerprint density at radius 2 is 1.94 bits per heavy atom. The second kappa shape index (κ2) is 10.1. The maximum Gasteiger partial charge on any atom is 0.417 e. The molecule has 1 aliphatic heterocycles. The molecular formula is C24H20F3N7O2. The summed E-state index contributed by atoms with van der Waals surface area (Å²) < 4.78 is 46.8. The predicted octanol–water partition coefficient (Wildman–Crippen LogP) is 3.64. The Bertz CT molecular complexity index is 1380. The first-order chi connectivity index (χ1) is 17.2. The van der Waals surface area contributed by atoms with Crippen molar-refractivity contribution < 1.29 is 22.7 Å². The standard InChI is InChI=1S/C24H20F3N7O2/c1-14(8-16-9-15(2-3-30-16)21(35)12-28)19-11-20(33-23(32-19)34-4-6-36-7-5-34)17-13-31-22(29)10-18(17)24(25,26)27/h2-3,8-11,13H,4-7H2,1H3,(H2,29,31)/b14-8-. The fraction of sp³-hybridized carbons (Fsp3) is 0.250. The highest BCUT2D eigenvalue weighted by Gasteiger charge is 2.35. The number of rotatable bonds is 5. The predicted molar refractivity (Wildman–Crippen MR) is 125 cm³/mol. The van der Waals surface area contributed by atoms with E-state index in [9.17, 15) is 18.0 Å². The number of ketones is 1. The van der Waals surface area contributed by atoms with Crippen LogP contribution in [-0.2, 0) is 10.9 Å². The summed E-state index contributed by atoms with van der Waals surface area (Å²) in [7, 11) is 0. The topological polar surface area (TPSA) is 131 Å². The molecule has 0 unspecified atom stereocenters. The van der Waals surface area contributed by atoms with Crippen molar-refractivity contribution in [2.45, 2.75) is 13.1 Å². The van der Waals surface area contributed by atoms with E-state index in [1.807, 2.05) is 4.90 Å². The normalized spacial score (nSPS) is 14.4. The highest BCUT2D eigenvalue weighted by Crippen LogP contribution is 2.38. The van der Waals surface area contributed by atoms with E-state index in [-0.39, 0.29) is 28.6 Å². The van der Waals surface area contributed by atoms with Crippen molar-refractivity contribution in [3.63, 3.8) is 0 Å². The molecule has 12 heteroatoms. The van der Waals surface area contributed by atoms with Gasteiger partial charge in [-0.05, 0) is 42.8 Å². The lowest BCUT2D eigenvalue weighted by atomic mass is 10.0. The van der Waals surface area contributed by atoms with Gasteiger partial charge in [0.05, 0.1) is 35.9 Å². The highest BCUT2D eigenvalue weighted by molar-refractivity contribution is 6.07. The molecule has 0 radical (unpaired) electrons. The van der Waals surface area contributed by atoms with E-state index < -0.39 is 17.5 Å². The third-order valence-electron chi connectivity index (χ3n) is 5.43. The van der Waals surface area contributed by atoms with Gasteiger partial charge >= 0.3 is 6.18 Å². The summed E-state index contributed by atoms with van der Waals surface area (Å²) in [4.78, 5) is 30.6. The maximum atomic E-state index is 13.8. The molecule has 36 heavy (non-hydrogen) atoms. The molecule has 0 aromatic carbocycles. The van der Waals surface area contributed by atoms with Crippen molar-refractivity contribution >= 4 is 29.2 Å². The van der Waals surface area contributed by atoms with Gasteiger partial charge in [-0.25, -0.2) is 15.0 Å². The van der Waals surface area contributed by atoms with E-state index in [1.54, 1.807) is 19.1 Å². The summed E-state index contributed by atoms with van der Waals surface area (Å²) in [5.41, 5.74) is 5.82. The number of carbonyl (C=O) groups is 1. The van der Waals surface area contributed by atoms with Gasteiger partial charge in [-0.2, -0.15) is 18.4 Å². The summed E-state index contributed by atoms with van der Waals surface area (Å²) in [6.07, 6.45) is -0.622. The summed E-state index contributed by atoms with van der Waals surface area (Å²) >= 11 is 0. The molecule has 2 N–H and O–H groups in total. The molecule has 0 spiro atoms. The minimum absolute atomic E-state index is 0.0236. The van der Waals surface area contributed by atoms with Gasteiger partial charge in [0.2, 0.25) is 5.95 Å². The molecule has 9 nitrogen and oxygen atoms in total. The number of hydrogen-bond donors (Lipinski definition) is 1. The summed E-state index contributed by atoms with van der Waals surface area (Å²) in [5, 5.41) is 8.87. The average Bonchev–Trinajstić information content (AvgIpc) is 2.88. The molecule has 1 saturated heterocycles. The van der Waals surface area contributed by atoms with E-state index >= 15 is 0 Å². The zero-order valence-electron chi connectivity index (χ0n) is 19.1. The lowest BCUT2D eigenvalue weighted by Crippen LogP contribution is -2.37. The number of nitrogen functional groups attached to an aromatic ring is 1. The zero-order valence-corrected chi connectivity index (χ0v) is 19.1. The Morgan fingerprint density at radius 3 is 2.64 bits per heavy atom. The average molecular weight is 495 g/mol. The first kappa shape index (κ1) is 24.7. The van der Waals surface area contributed by atoms with Crippen LogP contribution < -0.4 is 10.6 Å². The second-order valence-electron chi connectivity index (χ2n) is 7.93. The van der Waals surface area contributed by atoms with Gasteiger partial charge in [0, 0.05) is 36.6 Å². The quantitative estimate of drug-likeness (QED) is 0.416. The lowest BCUT2D eigenvalue weighted by Gasteiger charge is -2.27. The van der Waals surface area contributed by atoms with Crippen LogP contribution in [0.4, 0.5) is 24.9 Å². The minimum Gasteiger partial charge on any atom is -0.384 e. The Hall–Kier alpha value is -4.37. The van der Waals surface area contributed by atoms with E-state index in [1.165, 1.54) is 24.4 Å². The van der Waals surface area contributed by atoms with Gasteiger partial charge in [0.15, 0.2) is 0 Å². The summed E-state index contributed by atoms with van der Waals surface area (Å²) in [6.45, 7) is 3.51. The molecule has 4 heterocycles. The lowest BCUT2D eigenvalue weighted by molar-refractivity contribution is -0.137. The van der Waals surface area contributed by atoms with Crippen molar-refractivity contribution in [2.75, 3.05) is 36.9 Å². The van der Waals surface area contributed by atoms with Crippen LogP contribution in [0.25, 0.3) is 22.9 Å². The van der Waals surface area contributed by atoms with Crippen molar-refractivity contribution in [1.82, 2.24) is 19.9 Å². The van der Waals surface area contributed by atoms with E-state index in [2.05, 4.69) is 19.9 Å². The molecule has 1 aliphatic rings. The maximum absolute atomic E-state index is 13.8. The molecular weight excluding hydrogens is 475 g/mol. The van der Waals surface area contributed by atoms with Crippen LogP contribution in [0.1, 0.15) is 34.2 Å². The van der Waals surface area contributed by atoms with Gasteiger partial charge in [-0.3, -0.25) is 9.78 Å². The molecule has 3 aromatic rings. The van der Waals surface area contributed by atoms with Crippen LogP contribution in [-0.4, -0.2) is 52.0 Å². The van der Waals surface area contributed by atoms with Gasteiger partial charge in [0.1, 0.15) is 11.9 Å². The first-order valence-corrected chi connectivity index (χ1v) is 10.8. The molecule has 0 atom stereocenters. The van der Waals surface area contributed by atoms with Crippen molar-refractivity contribution in [3.05, 3.63) is 59.2 Å². The largest absolute Gasteiger partial charge is 0.417 e. The number of nitrogens with zero attached hydrogens (tertiary/aromatic N) is 6. The molecule has 0 aliphatic carbocycles. The SMILES string of the molecule is C/C(=C/c1cc(C(=O)C#N)ccn1)c1cc(-c2cnc(N)cc2C(F)(F)F)nc(N2CCOCC2)n1. The Morgan fingerprint density at radius 1 is 1.19 bits per heavy atom. The van der Waals surface area contributed by atoms with Crippen LogP contribution in [0.3, 0.4) is 0 Å². The fourth-order valence-electron chi connectivity index (χ4n) is 3.62. The number of Topliss-reactive ketones (excluding diaryl/α,β-unsaturated/α-hetero) is 1. The van der Waals surface area contributed by atoms with Gasteiger partial charge in [0.25, 0.3) is 5.78 Å². The number of allylic oxidation sites excluding steroid dienone is 1. The third-order valence-corrected chi connectivity index (χ3v) is 5.43. The molecule has 1 fully saturated rings. The number of nitriles is 1. The van der Waals surface area contributed by atoms with E-state index in [4.69, 9.17) is 15.7 Å². The number of halogens is 3. The van der Waals surface area contributed by atoms with Crippen LogP contribution in [0.5, 0.6) is 0 Å². The Labute approximate surface area is 204 Å². The number of anilines is 2. The number of morpholine rings is 1. The van der Waals surface area contributed by atoms with Crippen LogP contribution in [0, 0.1) is 11.3 Å². The van der Waals surface area contributed by atoms with E-state index in [0.29, 0.717) is 43.3 Å². The smallest absolute Gasteiger partial charge is 0.384 e. The van der Waals surface area contributed by atoms with Crippen molar-refractivity contribution in [3.8, 4) is 17.3 Å². The van der Waals surface area contributed by atoms with Crippen LogP contribution >= 0.6 is 0 Å². The fourth-order valence-corrected chi connectivity index (χ4v) is 3.62. The van der Waals surface area contributed by atoms with E-state index in [0.717, 1.165) is 12.3 Å². The molecule has 0 saturated carbocycles. The molecule has 3 aromatic heterocycles. The zero-order chi connectivity index (χ0) is 25.9. The highest BCUT2D eigenvalue weighted by atomic mass is 19.4. The summed E-state index contributed by atoms with van der Waals surface area (Å²) in [5.74, 6) is -0.730. The molecule has 184 valence electrons. The van der Waals surface area contributed by atoms with Gasteiger partial charge in [-0.1, -0.05) is 0 Å². The van der Waals surface area contributed by atoms with Crippen LogP contribution in [0.2, 0.25) is 0 Å². The molecule has 0 amide bonds. The summed E-state index contributed by atoms with van der Waals surface area (Å²) in [6, 6.07) is 6.63. The number of alkyl halides is 3. The minimum atomic E-state index is -4.68. The molecule has 0 bridgehead atoms. The van der Waals surface area contributed by atoms with Crippen molar-refractivity contribution in [2.24, 2.45) is 0 Å². The Balaban J connectivity index is 1.85. The molecule has 4 rings (SSSR count). The third kappa shape index (κ3) is 5.47. The first-order valence-electron chi connectivity index (χ1n) is 10.8. The number of nitrogens with two attached hydrogens (primary N) is 1. The second-order valence-corrected chi connectivity index (χ2v) is 7.93. The number of ether oxygens (including phenoxy) is 1. The van der Waals surface area contributed by atoms with Gasteiger partial charge < -0.3 is 15.4 Å². The number of pyridine rings is 2. The van der Waals surface area contributed by atoms with Crippen molar-refractivity contribution in [1.29, 1.82) is 5.26 Å². The monoisotopic (exact) mass is 495 g/mol. The Kier molecular flexibility index (Phi) is 6.93.